The van der Waals surface area contributed by atoms with Crippen LogP contribution in [0.25, 0.3) is 5.32 Å². The van der Waals surface area contributed by atoms with Gasteiger partial charge in [0.15, 0.2) is 0 Å². The summed E-state index contributed by atoms with van der Waals surface area (Å²) in [6.07, 6.45) is 4.07. The zero-order valence-electron chi connectivity index (χ0n) is 12.2. The molecule has 0 saturated carbocycles. The molecule has 96 valence electrons. The van der Waals surface area contributed by atoms with E-state index in [0.717, 1.165) is 19.6 Å². The first-order chi connectivity index (χ1) is 7.70. The third-order valence-electron chi connectivity index (χ3n) is 3.26. The Morgan fingerprint density at radius 1 is 1.18 bits per heavy atom. The number of hydrogen-bond acceptors (Lipinski definition) is 2. The molecule has 4 heteroatoms. The maximum atomic E-state index is 4.18. The van der Waals surface area contributed by atoms with Gasteiger partial charge in [-0.2, -0.15) is 0 Å². The smallest absolute Gasteiger partial charge is 0.662 e. The van der Waals surface area contributed by atoms with Gasteiger partial charge in [-0.25, -0.2) is 0 Å². The van der Waals surface area contributed by atoms with E-state index >= 15 is 0 Å². The number of nitrogens with zero attached hydrogens (tertiary/aromatic N) is 2. The van der Waals surface area contributed by atoms with Crippen LogP contribution in [-0.4, -0.2) is 49.7 Å². The second-order valence-electron chi connectivity index (χ2n) is 5.18. The summed E-state index contributed by atoms with van der Waals surface area (Å²) in [5.74, 6) is 0. The fourth-order valence-corrected chi connectivity index (χ4v) is 2.17. The summed E-state index contributed by atoms with van der Waals surface area (Å²) in [4.78, 5) is 2.52. The quantitative estimate of drug-likeness (QED) is 0.632. The first kappa shape index (κ1) is 18.5. The van der Waals surface area contributed by atoms with Gasteiger partial charge in [0, 0.05) is 31.7 Å². The van der Waals surface area contributed by atoms with Gasteiger partial charge in [0.05, 0.1) is 0 Å². The molecule has 0 aromatic rings. The van der Waals surface area contributed by atoms with Crippen molar-refractivity contribution in [3.63, 3.8) is 0 Å². The van der Waals surface area contributed by atoms with Crippen molar-refractivity contribution in [2.24, 2.45) is 0 Å². The van der Waals surface area contributed by atoms with Crippen LogP contribution in [0.3, 0.4) is 0 Å². The van der Waals surface area contributed by atoms with Gasteiger partial charge >= 0.3 is 51.4 Å². The van der Waals surface area contributed by atoms with E-state index < -0.39 is 0 Å². The minimum atomic E-state index is 0. The molecule has 1 unspecified atom stereocenters. The molecule has 0 aliphatic carbocycles. The van der Waals surface area contributed by atoms with Gasteiger partial charge < -0.3 is 10.6 Å². The summed E-state index contributed by atoms with van der Waals surface area (Å²) in [7, 11) is 0. The maximum Gasteiger partial charge on any atom is 1.00 e. The second-order valence-corrected chi connectivity index (χ2v) is 5.18. The van der Waals surface area contributed by atoms with Crippen LogP contribution in [0, 0.1) is 0 Å². The molecule has 3 nitrogen and oxygen atoms in total. The molecule has 0 bridgehead atoms. The van der Waals surface area contributed by atoms with Crippen LogP contribution in [0.2, 0.25) is 0 Å². The fraction of sp³-hybridized carbons (Fsp3) is 1.00. The van der Waals surface area contributed by atoms with Gasteiger partial charge in [0.2, 0.25) is 0 Å². The third-order valence-corrected chi connectivity index (χ3v) is 3.26. The van der Waals surface area contributed by atoms with E-state index in [1.54, 1.807) is 0 Å². The molecule has 1 atom stereocenters. The van der Waals surface area contributed by atoms with E-state index in [0.29, 0.717) is 12.1 Å². The van der Waals surface area contributed by atoms with Gasteiger partial charge in [-0.15, -0.1) is 13.1 Å². The van der Waals surface area contributed by atoms with Crippen LogP contribution in [0.15, 0.2) is 0 Å². The largest absolute Gasteiger partial charge is 1.00 e. The standard InChI is InChI=1S/C8H18N2.C5H10N.K/c1-7(2)10-5-4-9-8(3)6-10;1-2-4-6-5-3-1;/h7-9H,4-6H2,1-3H3;1-5H2;/q;-1;+1. The third kappa shape index (κ3) is 9.11. The fourth-order valence-electron chi connectivity index (χ4n) is 2.17. The summed E-state index contributed by atoms with van der Waals surface area (Å²) in [5.41, 5.74) is 0. The second kappa shape index (κ2) is 11.4. The predicted molar refractivity (Wildman–Crippen MR) is 71.1 cm³/mol. The Labute approximate surface area is 150 Å². The number of nitrogens with one attached hydrogen (secondary N) is 1. The molecule has 0 amide bonds. The zero-order chi connectivity index (χ0) is 11.8. The summed E-state index contributed by atoms with van der Waals surface area (Å²) >= 11 is 0. The normalized spacial score (nSPS) is 25.8. The van der Waals surface area contributed by atoms with Crippen molar-refractivity contribution in [3.8, 4) is 0 Å². The topological polar surface area (TPSA) is 29.4 Å². The Morgan fingerprint density at radius 2 is 1.82 bits per heavy atom. The SMILES string of the molecule is C1CC[N-]CC1.CC1CN(C(C)C)CCN1.[K+]. The van der Waals surface area contributed by atoms with Crippen molar-refractivity contribution in [3.05, 3.63) is 5.32 Å². The molecule has 2 saturated heterocycles. The molecular weight excluding hydrogens is 237 g/mol. The van der Waals surface area contributed by atoms with Crippen LogP contribution >= 0.6 is 0 Å². The Hall–Kier alpha value is 1.52. The van der Waals surface area contributed by atoms with Crippen molar-refractivity contribution in [2.45, 2.75) is 52.1 Å². The summed E-state index contributed by atoms with van der Waals surface area (Å²) < 4.78 is 0. The molecule has 0 radical (unpaired) electrons. The molecule has 1 N–H and O–H groups in total. The summed E-state index contributed by atoms with van der Waals surface area (Å²) in [6, 6.07) is 1.39. The van der Waals surface area contributed by atoms with Crippen molar-refractivity contribution in [1.29, 1.82) is 0 Å². The Bertz CT molecular complexity index is 161. The molecule has 2 fully saturated rings. The number of hydrogen-bond donors (Lipinski definition) is 1. The molecular formula is C13H28KN3. The minimum Gasteiger partial charge on any atom is -0.662 e. The van der Waals surface area contributed by atoms with Crippen molar-refractivity contribution in [1.82, 2.24) is 10.2 Å². The van der Waals surface area contributed by atoms with Gasteiger partial charge in [0.25, 0.3) is 0 Å². The Balaban J connectivity index is 0.000000316. The average molecular weight is 265 g/mol. The van der Waals surface area contributed by atoms with Crippen molar-refractivity contribution in [2.75, 3.05) is 32.7 Å². The van der Waals surface area contributed by atoms with E-state index in [1.165, 1.54) is 32.4 Å². The van der Waals surface area contributed by atoms with Gasteiger partial charge in [0.1, 0.15) is 0 Å². The first-order valence-electron chi connectivity index (χ1n) is 6.81. The van der Waals surface area contributed by atoms with Crippen LogP contribution < -0.4 is 56.7 Å². The van der Waals surface area contributed by atoms with Crippen molar-refractivity contribution < 1.29 is 51.4 Å². The summed E-state index contributed by atoms with van der Waals surface area (Å²) in [6.45, 7) is 12.6. The van der Waals surface area contributed by atoms with Gasteiger partial charge in [-0.05, 0) is 20.8 Å². The molecule has 0 spiro atoms. The number of rotatable bonds is 1. The van der Waals surface area contributed by atoms with Crippen LogP contribution in [0.5, 0.6) is 0 Å². The maximum absolute atomic E-state index is 4.18. The van der Waals surface area contributed by atoms with Crippen LogP contribution in [0.1, 0.15) is 40.0 Å². The minimum absolute atomic E-state index is 0. The molecule has 2 aliphatic rings. The molecule has 0 aromatic carbocycles. The zero-order valence-corrected chi connectivity index (χ0v) is 15.3. The van der Waals surface area contributed by atoms with E-state index in [9.17, 15) is 0 Å². The molecule has 2 rings (SSSR count). The van der Waals surface area contributed by atoms with Crippen molar-refractivity contribution >= 4 is 0 Å². The molecule has 2 heterocycles. The number of piperazine rings is 1. The molecule has 2 aliphatic heterocycles. The Kier molecular flexibility index (Phi) is 12.4. The summed E-state index contributed by atoms with van der Waals surface area (Å²) in [5, 5.41) is 7.60. The van der Waals surface area contributed by atoms with E-state index in [-0.39, 0.29) is 51.4 Å². The van der Waals surface area contributed by atoms with Crippen LogP contribution in [-0.2, 0) is 0 Å². The van der Waals surface area contributed by atoms with Gasteiger partial charge in [-0.3, -0.25) is 4.90 Å². The number of piperidine rings is 1. The van der Waals surface area contributed by atoms with Gasteiger partial charge in [-0.1, -0.05) is 19.3 Å². The Morgan fingerprint density at radius 3 is 2.12 bits per heavy atom. The van der Waals surface area contributed by atoms with E-state index in [4.69, 9.17) is 0 Å². The first-order valence-corrected chi connectivity index (χ1v) is 6.81. The molecule has 0 aromatic heterocycles. The van der Waals surface area contributed by atoms with E-state index in [2.05, 4.69) is 36.3 Å². The van der Waals surface area contributed by atoms with E-state index in [1.807, 2.05) is 0 Å². The predicted octanol–water partition coefficient (Wildman–Crippen LogP) is -0.763. The average Bonchev–Trinajstić information content (AvgIpc) is 2.32. The molecule has 17 heavy (non-hydrogen) atoms. The monoisotopic (exact) mass is 265 g/mol. The van der Waals surface area contributed by atoms with Crippen LogP contribution in [0.4, 0.5) is 0 Å².